The molecule has 2 rings (SSSR count). The highest BCUT2D eigenvalue weighted by atomic mass is 35.5. The molecule has 0 bridgehead atoms. The smallest absolute Gasteiger partial charge is 0.252 e. The minimum absolute atomic E-state index is 0.335. The number of carbonyl (C=O) groups excluding carboxylic acids is 1. The van der Waals surface area contributed by atoms with Gasteiger partial charge in [-0.2, -0.15) is 0 Å². The summed E-state index contributed by atoms with van der Waals surface area (Å²) in [6, 6.07) is 5.49. The molecular weight excluding hydrogens is 272 g/mol. The van der Waals surface area contributed by atoms with E-state index >= 15 is 0 Å². The maximum absolute atomic E-state index is 11.1. The zero-order valence-corrected chi connectivity index (χ0v) is 12.9. The summed E-state index contributed by atoms with van der Waals surface area (Å²) in [7, 11) is 0. The summed E-state index contributed by atoms with van der Waals surface area (Å²) in [6.07, 6.45) is 10.0. The van der Waals surface area contributed by atoms with Crippen molar-refractivity contribution in [2.45, 2.75) is 64.4 Å². The average molecular weight is 295 g/mol. The Bertz CT molecular complexity index is 456. The van der Waals surface area contributed by atoms with Crippen LogP contribution in [0.2, 0.25) is 0 Å². The van der Waals surface area contributed by atoms with Crippen LogP contribution in [-0.2, 0) is 6.42 Å². The zero-order chi connectivity index (χ0) is 14.4. The van der Waals surface area contributed by atoms with E-state index in [4.69, 9.17) is 16.3 Å². The van der Waals surface area contributed by atoms with Crippen molar-refractivity contribution in [2.75, 3.05) is 0 Å². The van der Waals surface area contributed by atoms with Crippen molar-refractivity contribution in [3.63, 3.8) is 0 Å². The first kappa shape index (κ1) is 15.4. The van der Waals surface area contributed by atoms with E-state index in [2.05, 4.69) is 6.92 Å². The van der Waals surface area contributed by atoms with Crippen LogP contribution >= 0.6 is 11.6 Å². The van der Waals surface area contributed by atoms with E-state index in [9.17, 15) is 4.79 Å². The first-order valence-corrected chi connectivity index (χ1v) is 8.08. The molecule has 1 aromatic carbocycles. The molecule has 1 aliphatic rings. The van der Waals surface area contributed by atoms with Gasteiger partial charge < -0.3 is 4.74 Å². The van der Waals surface area contributed by atoms with Gasteiger partial charge in [0.1, 0.15) is 5.75 Å². The second-order valence-corrected chi connectivity index (χ2v) is 5.92. The lowest BCUT2D eigenvalue weighted by molar-refractivity contribution is 0.108. The van der Waals surface area contributed by atoms with E-state index in [-0.39, 0.29) is 0 Å². The second-order valence-electron chi connectivity index (χ2n) is 5.58. The van der Waals surface area contributed by atoms with Gasteiger partial charge in [0.25, 0.3) is 5.24 Å². The maximum atomic E-state index is 11.1. The summed E-state index contributed by atoms with van der Waals surface area (Å²) in [4.78, 5) is 11.1. The first-order valence-electron chi connectivity index (χ1n) is 7.70. The van der Waals surface area contributed by atoms with E-state index in [1.54, 1.807) is 6.07 Å². The third-order valence-electron chi connectivity index (χ3n) is 3.95. The summed E-state index contributed by atoms with van der Waals surface area (Å²) in [5, 5.41) is -0.397. The Hall–Kier alpha value is -1.02. The van der Waals surface area contributed by atoms with E-state index in [0.29, 0.717) is 11.7 Å². The minimum Gasteiger partial charge on any atom is -0.490 e. The van der Waals surface area contributed by atoms with Crippen molar-refractivity contribution in [1.82, 2.24) is 0 Å². The number of aryl methyl sites for hydroxylation is 1. The molecule has 0 amide bonds. The number of ether oxygens (including phenoxy) is 1. The lowest BCUT2D eigenvalue weighted by atomic mass is 9.97. The predicted molar refractivity (Wildman–Crippen MR) is 82.7 cm³/mol. The van der Waals surface area contributed by atoms with E-state index in [1.807, 2.05) is 12.1 Å². The van der Waals surface area contributed by atoms with Crippen molar-refractivity contribution in [1.29, 1.82) is 0 Å². The molecule has 1 heterocycles. The van der Waals surface area contributed by atoms with E-state index in [1.165, 1.54) is 32.1 Å². The summed E-state index contributed by atoms with van der Waals surface area (Å²) >= 11 is 5.50. The molecule has 20 heavy (non-hydrogen) atoms. The molecule has 110 valence electrons. The van der Waals surface area contributed by atoms with Crippen LogP contribution < -0.4 is 4.74 Å². The largest absolute Gasteiger partial charge is 0.490 e. The second kappa shape index (κ2) is 7.68. The predicted octanol–water partition coefficient (Wildman–Crippen LogP) is 5.12. The summed E-state index contributed by atoms with van der Waals surface area (Å²) in [5.41, 5.74) is 1.67. The van der Waals surface area contributed by atoms with Crippen LogP contribution in [0.25, 0.3) is 0 Å². The highest BCUT2D eigenvalue weighted by Crippen LogP contribution is 2.30. The van der Waals surface area contributed by atoms with Gasteiger partial charge in [-0.25, -0.2) is 0 Å². The van der Waals surface area contributed by atoms with Crippen LogP contribution in [0.1, 0.15) is 67.8 Å². The van der Waals surface area contributed by atoms with Gasteiger partial charge in [0, 0.05) is 5.56 Å². The lowest BCUT2D eigenvalue weighted by Crippen LogP contribution is -2.22. The quantitative estimate of drug-likeness (QED) is 0.515. The molecule has 3 heteroatoms. The van der Waals surface area contributed by atoms with Crippen LogP contribution in [0, 0.1) is 0 Å². The van der Waals surface area contributed by atoms with Crippen molar-refractivity contribution >= 4 is 16.8 Å². The summed E-state index contributed by atoms with van der Waals surface area (Å²) < 4.78 is 6.02. The van der Waals surface area contributed by atoms with Crippen molar-refractivity contribution < 1.29 is 9.53 Å². The Morgan fingerprint density at radius 3 is 2.85 bits per heavy atom. The molecule has 2 nitrogen and oxygen atoms in total. The highest BCUT2D eigenvalue weighted by Gasteiger charge is 2.20. The fourth-order valence-corrected chi connectivity index (χ4v) is 2.86. The fourth-order valence-electron chi connectivity index (χ4n) is 2.75. The summed E-state index contributed by atoms with van der Waals surface area (Å²) in [6.45, 7) is 2.24. The normalized spacial score (nSPS) is 17.4. The number of halogens is 1. The standard InChI is InChI=1S/C17H23ClO2/c1-2-3-4-5-6-7-15-10-8-13-12-14(17(18)19)9-11-16(13)20-15/h9,11-12,15H,2-8,10H2,1H3. The third kappa shape index (κ3) is 4.24. The Labute approximate surface area is 126 Å². The van der Waals surface area contributed by atoms with Crippen LogP contribution in [0.5, 0.6) is 5.75 Å². The Kier molecular flexibility index (Phi) is 5.90. The highest BCUT2D eigenvalue weighted by molar-refractivity contribution is 6.67. The molecule has 0 aromatic heterocycles. The van der Waals surface area contributed by atoms with E-state index < -0.39 is 5.24 Å². The first-order chi connectivity index (χ1) is 9.70. The van der Waals surface area contributed by atoms with Gasteiger partial charge in [0.2, 0.25) is 0 Å². The van der Waals surface area contributed by atoms with Gasteiger partial charge in [0.15, 0.2) is 0 Å². The topological polar surface area (TPSA) is 26.3 Å². The van der Waals surface area contributed by atoms with E-state index in [0.717, 1.165) is 30.6 Å². The van der Waals surface area contributed by atoms with Crippen LogP contribution in [0.3, 0.4) is 0 Å². The number of benzene rings is 1. The van der Waals surface area contributed by atoms with Crippen LogP contribution in [0.15, 0.2) is 18.2 Å². The lowest BCUT2D eigenvalue weighted by Gasteiger charge is -2.26. The Morgan fingerprint density at radius 2 is 2.10 bits per heavy atom. The minimum atomic E-state index is -0.397. The molecule has 0 fully saturated rings. The van der Waals surface area contributed by atoms with Crippen molar-refractivity contribution in [3.05, 3.63) is 29.3 Å². The summed E-state index contributed by atoms with van der Waals surface area (Å²) in [5.74, 6) is 0.927. The maximum Gasteiger partial charge on any atom is 0.252 e. The molecule has 1 aromatic rings. The molecule has 1 aliphatic heterocycles. The van der Waals surface area contributed by atoms with Gasteiger partial charge in [-0.05, 0) is 61.0 Å². The van der Waals surface area contributed by atoms with Gasteiger partial charge in [-0.1, -0.05) is 32.6 Å². The molecule has 0 aliphatic carbocycles. The van der Waals surface area contributed by atoms with Crippen molar-refractivity contribution in [2.24, 2.45) is 0 Å². The number of hydrogen-bond donors (Lipinski definition) is 0. The average Bonchev–Trinajstić information content (AvgIpc) is 2.46. The zero-order valence-electron chi connectivity index (χ0n) is 12.2. The monoisotopic (exact) mass is 294 g/mol. The third-order valence-corrected chi connectivity index (χ3v) is 4.16. The molecule has 0 N–H and O–H groups in total. The molecule has 0 saturated carbocycles. The number of unbranched alkanes of at least 4 members (excludes halogenated alkanes) is 4. The Morgan fingerprint density at radius 1 is 1.30 bits per heavy atom. The van der Waals surface area contributed by atoms with Crippen LogP contribution in [-0.4, -0.2) is 11.3 Å². The molecule has 0 saturated heterocycles. The van der Waals surface area contributed by atoms with Gasteiger partial charge in [-0.3, -0.25) is 4.79 Å². The van der Waals surface area contributed by atoms with Crippen LogP contribution in [0.4, 0.5) is 0 Å². The number of hydrogen-bond acceptors (Lipinski definition) is 2. The molecule has 1 unspecified atom stereocenters. The molecule has 0 radical (unpaired) electrons. The number of carbonyl (C=O) groups is 1. The number of fused-ring (bicyclic) bond motifs is 1. The molecule has 0 spiro atoms. The van der Waals surface area contributed by atoms with Gasteiger partial charge in [-0.15, -0.1) is 0 Å². The molecular formula is C17H23ClO2. The number of rotatable bonds is 7. The Balaban J connectivity index is 1.83. The molecule has 1 atom stereocenters. The SMILES string of the molecule is CCCCCCCC1CCc2cc(C(=O)Cl)ccc2O1. The van der Waals surface area contributed by atoms with Gasteiger partial charge in [0.05, 0.1) is 6.10 Å². The van der Waals surface area contributed by atoms with Gasteiger partial charge >= 0.3 is 0 Å². The van der Waals surface area contributed by atoms with Crippen molar-refractivity contribution in [3.8, 4) is 5.75 Å². The fraction of sp³-hybridized carbons (Fsp3) is 0.588.